The number of aliphatic hydroxyl groups excluding tert-OH is 1. The van der Waals surface area contributed by atoms with Crippen LogP contribution >= 0.6 is 0 Å². The highest BCUT2D eigenvalue weighted by atomic mass is 16.5. The zero-order chi connectivity index (χ0) is 17.7. The summed E-state index contributed by atoms with van der Waals surface area (Å²) in [7, 11) is 0. The molecule has 0 unspecified atom stereocenters. The zero-order valence-electron chi connectivity index (χ0n) is 14.9. The molecule has 0 aliphatic carbocycles. The lowest BCUT2D eigenvalue weighted by atomic mass is 9.99. The minimum atomic E-state index is -0.501. The predicted molar refractivity (Wildman–Crippen MR) is 101 cm³/mol. The molecule has 25 heavy (non-hydrogen) atoms. The molecule has 2 aromatic rings. The van der Waals surface area contributed by atoms with Crippen LogP contribution in [-0.4, -0.2) is 24.4 Å². The summed E-state index contributed by atoms with van der Waals surface area (Å²) in [5.41, 5.74) is 2.28. The largest absolute Gasteiger partial charge is 0.390 e. The van der Waals surface area contributed by atoms with Crippen LogP contribution in [0, 0.1) is 5.92 Å². The Kier molecular flexibility index (Phi) is 8.98. The minimum absolute atomic E-state index is 0.0797. The van der Waals surface area contributed by atoms with Crippen molar-refractivity contribution in [1.82, 2.24) is 0 Å². The van der Waals surface area contributed by atoms with Gasteiger partial charge in [0.15, 0.2) is 0 Å². The van der Waals surface area contributed by atoms with Crippen LogP contribution in [0.1, 0.15) is 24.5 Å². The molecule has 0 saturated carbocycles. The van der Waals surface area contributed by atoms with Crippen LogP contribution in [0.5, 0.6) is 0 Å². The van der Waals surface area contributed by atoms with Crippen molar-refractivity contribution in [3.63, 3.8) is 0 Å². The third-order valence-electron chi connectivity index (χ3n) is 4.07. The van der Waals surface area contributed by atoms with Gasteiger partial charge in [-0.15, -0.1) is 0 Å². The smallest absolute Gasteiger partial charge is 0.0836 e. The Morgan fingerprint density at radius 2 is 1.44 bits per heavy atom. The van der Waals surface area contributed by atoms with Gasteiger partial charge in [-0.3, -0.25) is 0 Å². The van der Waals surface area contributed by atoms with Gasteiger partial charge in [-0.2, -0.15) is 0 Å². The van der Waals surface area contributed by atoms with Crippen LogP contribution in [0.15, 0.2) is 72.8 Å². The number of rotatable bonds is 11. The fourth-order valence-corrected chi connectivity index (χ4v) is 2.58. The summed E-state index contributed by atoms with van der Waals surface area (Å²) in [4.78, 5) is 0. The van der Waals surface area contributed by atoms with E-state index in [0.29, 0.717) is 26.4 Å². The summed E-state index contributed by atoms with van der Waals surface area (Å²) in [5, 5.41) is 10.3. The van der Waals surface area contributed by atoms with E-state index in [1.807, 2.05) is 72.8 Å². The molecule has 0 aliphatic rings. The van der Waals surface area contributed by atoms with Crippen molar-refractivity contribution in [2.24, 2.45) is 5.92 Å². The molecule has 134 valence electrons. The van der Waals surface area contributed by atoms with Crippen LogP contribution in [0.3, 0.4) is 0 Å². The third-order valence-corrected chi connectivity index (χ3v) is 4.07. The molecule has 3 nitrogen and oxygen atoms in total. The second kappa shape index (κ2) is 11.6. The first-order valence-electron chi connectivity index (χ1n) is 8.87. The molecule has 0 aromatic heterocycles. The molecule has 0 fully saturated rings. The van der Waals surface area contributed by atoms with Crippen molar-refractivity contribution in [2.45, 2.75) is 32.7 Å². The van der Waals surface area contributed by atoms with Crippen LogP contribution in [0.25, 0.3) is 0 Å². The Morgan fingerprint density at radius 1 is 0.880 bits per heavy atom. The van der Waals surface area contributed by atoms with E-state index in [1.165, 1.54) is 0 Å². The Hall–Kier alpha value is -1.94. The van der Waals surface area contributed by atoms with Gasteiger partial charge in [-0.05, 0) is 17.5 Å². The van der Waals surface area contributed by atoms with Gasteiger partial charge in [0.25, 0.3) is 0 Å². The van der Waals surface area contributed by atoms with Crippen molar-refractivity contribution in [1.29, 1.82) is 0 Å². The zero-order valence-corrected chi connectivity index (χ0v) is 14.9. The first kappa shape index (κ1) is 19.4. The average Bonchev–Trinajstić information content (AvgIpc) is 2.66. The maximum absolute atomic E-state index is 10.3. The van der Waals surface area contributed by atoms with Crippen molar-refractivity contribution >= 4 is 0 Å². The van der Waals surface area contributed by atoms with E-state index in [-0.39, 0.29) is 5.92 Å². The Labute approximate surface area is 150 Å². The highest BCUT2D eigenvalue weighted by Crippen LogP contribution is 2.12. The number of benzene rings is 2. The second-order valence-corrected chi connectivity index (χ2v) is 6.07. The van der Waals surface area contributed by atoms with Gasteiger partial charge in [0.05, 0.1) is 32.5 Å². The Balaban J connectivity index is 1.65. The highest BCUT2D eigenvalue weighted by molar-refractivity contribution is 5.14. The van der Waals surface area contributed by atoms with Crippen molar-refractivity contribution in [3.8, 4) is 0 Å². The number of ether oxygens (including phenoxy) is 2. The molecule has 0 spiro atoms. The molecule has 2 aromatic carbocycles. The lowest BCUT2D eigenvalue weighted by Gasteiger charge is -2.18. The number of hydrogen-bond donors (Lipinski definition) is 1. The first-order valence-corrected chi connectivity index (χ1v) is 8.87. The van der Waals surface area contributed by atoms with Crippen LogP contribution in [-0.2, 0) is 22.7 Å². The Morgan fingerprint density at radius 3 is 2.00 bits per heavy atom. The quantitative estimate of drug-likeness (QED) is 0.488. The minimum Gasteiger partial charge on any atom is -0.390 e. The van der Waals surface area contributed by atoms with E-state index in [2.05, 4.69) is 6.92 Å². The molecule has 0 amide bonds. The lowest BCUT2D eigenvalue weighted by molar-refractivity contribution is 0.00742. The van der Waals surface area contributed by atoms with Crippen LogP contribution < -0.4 is 0 Å². The molecular formula is C22H28O3. The predicted octanol–water partition coefficient (Wildman–Crippen LogP) is 4.36. The summed E-state index contributed by atoms with van der Waals surface area (Å²) in [5.74, 6) is 0.0797. The van der Waals surface area contributed by atoms with E-state index in [1.54, 1.807) is 0 Å². The van der Waals surface area contributed by atoms with Crippen molar-refractivity contribution in [2.75, 3.05) is 13.2 Å². The molecular weight excluding hydrogens is 312 g/mol. The van der Waals surface area contributed by atoms with Gasteiger partial charge in [0.2, 0.25) is 0 Å². The summed E-state index contributed by atoms with van der Waals surface area (Å²) in [6.45, 7) is 4.08. The molecule has 2 atom stereocenters. The average molecular weight is 340 g/mol. The summed E-state index contributed by atoms with van der Waals surface area (Å²) in [6.07, 6.45) is 4.38. The molecule has 0 aliphatic heterocycles. The summed E-state index contributed by atoms with van der Waals surface area (Å²) >= 11 is 0. The SMILES string of the molecule is CC[C@H](/C=C/COCc1ccccc1)[C@H](O)COCc1ccccc1. The third kappa shape index (κ3) is 7.65. The lowest BCUT2D eigenvalue weighted by Crippen LogP contribution is -2.24. The molecule has 0 bridgehead atoms. The van der Waals surface area contributed by atoms with Gasteiger partial charge >= 0.3 is 0 Å². The molecule has 0 saturated heterocycles. The van der Waals surface area contributed by atoms with E-state index in [0.717, 1.165) is 17.5 Å². The molecule has 2 rings (SSSR count). The topological polar surface area (TPSA) is 38.7 Å². The summed E-state index contributed by atoms with van der Waals surface area (Å²) in [6, 6.07) is 20.1. The molecule has 0 radical (unpaired) electrons. The molecule has 1 N–H and O–H groups in total. The second-order valence-electron chi connectivity index (χ2n) is 6.07. The van der Waals surface area contributed by atoms with E-state index >= 15 is 0 Å². The van der Waals surface area contributed by atoms with Gasteiger partial charge < -0.3 is 14.6 Å². The number of aliphatic hydroxyl groups is 1. The van der Waals surface area contributed by atoms with Gasteiger partial charge in [0.1, 0.15) is 0 Å². The maximum atomic E-state index is 10.3. The van der Waals surface area contributed by atoms with E-state index in [9.17, 15) is 5.11 Å². The standard InChI is InChI=1S/C22H28O3/c1-2-21(14-9-15-24-16-19-10-5-3-6-11-19)22(23)18-25-17-20-12-7-4-8-13-20/h3-14,21-23H,2,15-18H2,1H3/b14-9+/t21-,22-/m1/s1. The molecule has 3 heteroatoms. The normalized spacial score (nSPS) is 13.8. The first-order chi connectivity index (χ1) is 12.3. The fraction of sp³-hybridized carbons (Fsp3) is 0.364. The van der Waals surface area contributed by atoms with E-state index in [4.69, 9.17) is 9.47 Å². The summed E-state index contributed by atoms with van der Waals surface area (Å²) < 4.78 is 11.3. The van der Waals surface area contributed by atoms with Gasteiger partial charge in [-0.25, -0.2) is 0 Å². The van der Waals surface area contributed by atoms with Crippen LogP contribution in [0.4, 0.5) is 0 Å². The van der Waals surface area contributed by atoms with Crippen molar-refractivity contribution < 1.29 is 14.6 Å². The van der Waals surface area contributed by atoms with Gasteiger partial charge in [0, 0.05) is 5.92 Å². The highest BCUT2D eigenvalue weighted by Gasteiger charge is 2.14. The van der Waals surface area contributed by atoms with Gasteiger partial charge in [-0.1, -0.05) is 79.7 Å². The van der Waals surface area contributed by atoms with Crippen molar-refractivity contribution in [3.05, 3.63) is 83.9 Å². The maximum Gasteiger partial charge on any atom is 0.0836 e. The fourth-order valence-electron chi connectivity index (χ4n) is 2.58. The molecule has 0 heterocycles. The monoisotopic (exact) mass is 340 g/mol. The Bertz CT molecular complexity index is 595. The number of hydrogen-bond acceptors (Lipinski definition) is 3. The van der Waals surface area contributed by atoms with Crippen LogP contribution in [0.2, 0.25) is 0 Å². The van der Waals surface area contributed by atoms with E-state index < -0.39 is 6.10 Å².